The summed E-state index contributed by atoms with van der Waals surface area (Å²) < 4.78 is 2.85. The Bertz CT molecular complexity index is 550. The second-order valence-electron chi connectivity index (χ2n) is 3.71. The molecule has 0 radical (unpaired) electrons. The molecule has 16 heavy (non-hydrogen) atoms. The first-order valence-corrected chi connectivity index (χ1v) is 6.16. The molecule has 82 valence electrons. The molecule has 0 bridgehead atoms. The Labute approximate surface area is 107 Å². The Morgan fingerprint density at radius 3 is 3.06 bits per heavy atom. The van der Waals surface area contributed by atoms with E-state index in [0.717, 1.165) is 28.4 Å². The molecule has 0 amide bonds. The Morgan fingerprint density at radius 1 is 1.38 bits per heavy atom. The van der Waals surface area contributed by atoms with E-state index >= 15 is 0 Å². The van der Waals surface area contributed by atoms with Gasteiger partial charge in [-0.2, -0.15) is 5.10 Å². The fourth-order valence-corrected chi connectivity index (χ4v) is 2.65. The Kier molecular flexibility index (Phi) is 2.50. The van der Waals surface area contributed by atoms with Crippen LogP contribution in [0.5, 0.6) is 0 Å². The summed E-state index contributed by atoms with van der Waals surface area (Å²) in [5.41, 5.74) is 3.44. The van der Waals surface area contributed by atoms with E-state index in [1.54, 1.807) is 0 Å². The van der Waals surface area contributed by atoms with Crippen LogP contribution < -0.4 is 5.32 Å². The zero-order valence-corrected chi connectivity index (χ0v) is 10.7. The summed E-state index contributed by atoms with van der Waals surface area (Å²) in [7, 11) is 0. The van der Waals surface area contributed by atoms with Crippen molar-refractivity contribution < 1.29 is 0 Å². The third kappa shape index (κ3) is 1.57. The lowest BCUT2D eigenvalue weighted by atomic mass is 10.3. The van der Waals surface area contributed by atoms with Crippen molar-refractivity contribution in [3.05, 3.63) is 45.1 Å². The summed E-state index contributed by atoms with van der Waals surface area (Å²) in [6, 6.07) is 7.72. The van der Waals surface area contributed by atoms with Crippen LogP contribution in [0.1, 0.15) is 11.3 Å². The predicted molar refractivity (Wildman–Crippen MR) is 66.8 cm³/mol. The second kappa shape index (κ2) is 3.87. The van der Waals surface area contributed by atoms with Crippen molar-refractivity contribution in [1.29, 1.82) is 0 Å². The molecule has 2 heterocycles. The van der Waals surface area contributed by atoms with Crippen LogP contribution in [0.3, 0.4) is 0 Å². The third-order valence-corrected chi connectivity index (χ3v) is 3.56. The molecule has 0 atom stereocenters. The van der Waals surface area contributed by atoms with E-state index in [4.69, 9.17) is 11.6 Å². The van der Waals surface area contributed by atoms with Gasteiger partial charge >= 0.3 is 0 Å². The smallest absolute Gasteiger partial charge is 0.133 e. The van der Waals surface area contributed by atoms with E-state index in [1.165, 1.54) is 11.3 Å². The number of hydrogen-bond acceptors (Lipinski definition) is 2. The fraction of sp³-hybridized carbons (Fsp3) is 0.182. The maximum Gasteiger partial charge on any atom is 0.133 e. The van der Waals surface area contributed by atoms with Gasteiger partial charge in [0.15, 0.2) is 0 Å². The molecule has 1 aliphatic heterocycles. The van der Waals surface area contributed by atoms with Gasteiger partial charge in [0.1, 0.15) is 4.60 Å². The van der Waals surface area contributed by atoms with E-state index in [2.05, 4.69) is 26.3 Å². The first kappa shape index (κ1) is 10.3. The monoisotopic (exact) mass is 297 g/mol. The van der Waals surface area contributed by atoms with Crippen molar-refractivity contribution in [1.82, 2.24) is 15.1 Å². The van der Waals surface area contributed by atoms with Gasteiger partial charge in [0.2, 0.25) is 0 Å². The van der Waals surface area contributed by atoms with Crippen molar-refractivity contribution in [3.8, 4) is 5.69 Å². The van der Waals surface area contributed by atoms with Crippen LogP contribution >= 0.6 is 27.5 Å². The number of hydrogen-bond donors (Lipinski definition) is 1. The molecule has 0 aliphatic carbocycles. The first-order valence-electron chi connectivity index (χ1n) is 4.98. The first-order chi connectivity index (χ1) is 7.75. The Morgan fingerprint density at radius 2 is 2.25 bits per heavy atom. The molecule has 2 aromatic rings. The number of benzene rings is 1. The minimum Gasteiger partial charge on any atom is -0.307 e. The molecule has 3 rings (SSSR count). The van der Waals surface area contributed by atoms with Crippen molar-refractivity contribution >= 4 is 27.5 Å². The molecular weight excluding hydrogens is 289 g/mol. The largest absolute Gasteiger partial charge is 0.307 e. The highest BCUT2D eigenvalue weighted by molar-refractivity contribution is 9.10. The summed E-state index contributed by atoms with van der Waals surface area (Å²) in [5.74, 6) is 0. The van der Waals surface area contributed by atoms with E-state index in [1.807, 2.05) is 28.9 Å². The van der Waals surface area contributed by atoms with Crippen LogP contribution in [-0.2, 0) is 13.1 Å². The number of fused-ring (bicyclic) bond motifs is 1. The Hall–Kier alpha value is -0.840. The lowest BCUT2D eigenvalue weighted by Gasteiger charge is -2.05. The van der Waals surface area contributed by atoms with E-state index in [9.17, 15) is 0 Å². The molecule has 0 saturated carbocycles. The van der Waals surface area contributed by atoms with Crippen molar-refractivity contribution in [2.24, 2.45) is 0 Å². The second-order valence-corrected chi connectivity index (χ2v) is 4.90. The molecule has 1 aliphatic rings. The van der Waals surface area contributed by atoms with Gasteiger partial charge in [0, 0.05) is 23.7 Å². The van der Waals surface area contributed by atoms with Crippen LogP contribution in [0.2, 0.25) is 5.02 Å². The SMILES string of the molecule is Clc1cccc(-n2nc(Br)c3c2CNC3)c1. The normalized spacial score (nSPS) is 14.1. The number of nitrogens with one attached hydrogen (secondary N) is 1. The molecule has 0 saturated heterocycles. The van der Waals surface area contributed by atoms with Crippen molar-refractivity contribution in [2.45, 2.75) is 13.1 Å². The van der Waals surface area contributed by atoms with Crippen LogP contribution in [0.4, 0.5) is 0 Å². The highest BCUT2D eigenvalue weighted by Gasteiger charge is 2.21. The highest BCUT2D eigenvalue weighted by Crippen LogP contribution is 2.27. The van der Waals surface area contributed by atoms with Gasteiger partial charge < -0.3 is 5.32 Å². The minimum absolute atomic E-state index is 0.726. The molecule has 1 aromatic heterocycles. The maximum atomic E-state index is 5.98. The standard InChI is InChI=1S/C11H9BrClN3/c12-11-9-5-14-6-10(9)16(15-11)8-3-1-2-7(13)4-8/h1-4,14H,5-6H2. The van der Waals surface area contributed by atoms with Gasteiger partial charge in [-0.25, -0.2) is 4.68 Å². The molecule has 0 fully saturated rings. The third-order valence-electron chi connectivity index (χ3n) is 2.69. The maximum absolute atomic E-state index is 5.98. The quantitative estimate of drug-likeness (QED) is 0.877. The van der Waals surface area contributed by atoms with Crippen LogP contribution in [-0.4, -0.2) is 9.78 Å². The minimum atomic E-state index is 0.726. The van der Waals surface area contributed by atoms with E-state index in [-0.39, 0.29) is 0 Å². The average molecular weight is 299 g/mol. The fourth-order valence-electron chi connectivity index (χ4n) is 1.94. The number of nitrogens with zero attached hydrogens (tertiary/aromatic N) is 2. The van der Waals surface area contributed by atoms with Gasteiger partial charge in [-0.15, -0.1) is 0 Å². The van der Waals surface area contributed by atoms with Gasteiger partial charge in [-0.05, 0) is 34.1 Å². The topological polar surface area (TPSA) is 29.9 Å². The molecular formula is C11H9BrClN3. The van der Waals surface area contributed by atoms with Crippen molar-refractivity contribution in [2.75, 3.05) is 0 Å². The summed E-state index contributed by atoms with van der Waals surface area (Å²) in [4.78, 5) is 0. The van der Waals surface area contributed by atoms with Crippen LogP contribution in [0.15, 0.2) is 28.9 Å². The highest BCUT2D eigenvalue weighted by atomic mass is 79.9. The van der Waals surface area contributed by atoms with Crippen LogP contribution in [0.25, 0.3) is 5.69 Å². The Balaban J connectivity index is 2.17. The molecule has 5 heteroatoms. The van der Waals surface area contributed by atoms with Gasteiger partial charge in [-0.1, -0.05) is 17.7 Å². The van der Waals surface area contributed by atoms with E-state index < -0.39 is 0 Å². The summed E-state index contributed by atoms with van der Waals surface area (Å²) in [6.45, 7) is 1.72. The molecule has 1 N–H and O–H groups in total. The molecule has 3 nitrogen and oxygen atoms in total. The predicted octanol–water partition coefficient (Wildman–Crippen LogP) is 2.89. The number of rotatable bonds is 1. The lowest BCUT2D eigenvalue weighted by Crippen LogP contribution is -2.07. The van der Waals surface area contributed by atoms with Gasteiger partial charge in [0.25, 0.3) is 0 Å². The van der Waals surface area contributed by atoms with Gasteiger partial charge in [0.05, 0.1) is 11.4 Å². The van der Waals surface area contributed by atoms with Crippen LogP contribution in [0, 0.1) is 0 Å². The zero-order chi connectivity index (χ0) is 11.1. The van der Waals surface area contributed by atoms with Crippen molar-refractivity contribution in [3.63, 3.8) is 0 Å². The summed E-state index contributed by atoms with van der Waals surface area (Å²) in [5, 5.41) is 8.51. The summed E-state index contributed by atoms with van der Waals surface area (Å²) in [6.07, 6.45) is 0. The van der Waals surface area contributed by atoms with Gasteiger partial charge in [-0.3, -0.25) is 0 Å². The summed E-state index contributed by atoms with van der Waals surface area (Å²) >= 11 is 9.46. The number of halogens is 2. The van der Waals surface area contributed by atoms with E-state index in [0.29, 0.717) is 0 Å². The molecule has 0 unspecified atom stereocenters. The lowest BCUT2D eigenvalue weighted by molar-refractivity contribution is 0.707. The molecule has 0 spiro atoms. The average Bonchev–Trinajstić information content (AvgIpc) is 2.83. The zero-order valence-electron chi connectivity index (χ0n) is 8.37. The molecule has 1 aromatic carbocycles. The number of aromatic nitrogens is 2.